The Morgan fingerprint density at radius 3 is 2.55 bits per heavy atom. The van der Waals surface area contributed by atoms with Crippen LogP contribution in [0, 0.1) is 11.6 Å². The second-order valence-electron chi connectivity index (χ2n) is 8.47. The van der Waals surface area contributed by atoms with Crippen LogP contribution in [0.1, 0.15) is 42.7 Å². The molecule has 2 fully saturated rings. The van der Waals surface area contributed by atoms with Gasteiger partial charge in [0.25, 0.3) is 0 Å². The van der Waals surface area contributed by atoms with Crippen molar-refractivity contribution in [3.8, 4) is 5.75 Å². The number of hydrogen-bond acceptors (Lipinski definition) is 3. The average Bonchev–Trinajstić information content (AvgIpc) is 2.99. The van der Waals surface area contributed by atoms with E-state index in [4.69, 9.17) is 4.74 Å². The molecule has 2 aromatic carbocycles. The standard InChI is InChI=1S/C24H26F2N2O3/c1-31-20-7-5-16(6-8-20)10-23(30)28-14-21(17-11-18(25)13-19(26)12-17)24(15-28)9-3-2-4-22(29)27-24/h5-8,11-13,21H,2-4,9-10,14-15H2,1H3,(H,27,29)/t21-,24+/m0/s1. The molecule has 1 N–H and O–H groups in total. The number of halogens is 2. The molecule has 2 atom stereocenters. The van der Waals surface area contributed by atoms with Gasteiger partial charge in [-0.05, 0) is 48.2 Å². The van der Waals surface area contributed by atoms with Gasteiger partial charge in [0.2, 0.25) is 11.8 Å². The summed E-state index contributed by atoms with van der Waals surface area (Å²) in [5.74, 6) is -1.14. The molecular formula is C24H26F2N2O3. The van der Waals surface area contributed by atoms with E-state index < -0.39 is 17.2 Å². The van der Waals surface area contributed by atoms with E-state index in [9.17, 15) is 18.4 Å². The van der Waals surface area contributed by atoms with Gasteiger partial charge in [-0.1, -0.05) is 18.6 Å². The van der Waals surface area contributed by atoms with Crippen LogP contribution in [0.3, 0.4) is 0 Å². The number of nitrogens with zero attached hydrogens (tertiary/aromatic N) is 1. The van der Waals surface area contributed by atoms with Gasteiger partial charge in [-0.15, -0.1) is 0 Å². The zero-order chi connectivity index (χ0) is 22.0. The molecule has 0 unspecified atom stereocenters. The van der Waals surface area contributed by atoms with Crippen molar-refractivity contribution in [2.45, 2.75) is 43.6 Å². The normalized spacial score (nSPS) is 23.5. The Bertz CT molecular complexity index is 959. The number of methoxy groups -OCH3 is 1. The highest BCUT2D eigenvalue weighted by Crippen LogP contribution is 2.41. The molecule has 31 heavy (non-hydrogen) atoms. The van der Waals surface area contributed by atoms with Crippen LogP contribution < -0.4 is 10.1 Å². The minimum Gasteiger partial charge on any atom is -0.497 e. The largest absolute Gasteiger partial charge is 0.497 e. The van der Waals surface area contributed by atoms with Gasteiger partial charge in [0.05, 0.1) is 19.1 Å². The third-order valence-electron chi connectivity index (χ3n) is 6.36. The monoisotopic (exact) mass is 428 g/mol. The van der Waals surface area contributed by atoms with Crippen LogP contribution in [0.15, 0.2) is 42.5 Å². The summed E-state index contributed by atoms with van der Waals surface area (Å²) in [5.41, 5.74) is 0.605. The Morgan fingerprint density at radius 1 is 1.16 bits per heavy atom. The minimum atomic E-state index is -0.719. The quantitative estimate of drug-likeness (QED) is 0.810. The summed E-state index contributed by atoms with van der Waals surface area (Å²) < 4.78 is 33.1. The number of amides is 2. The van der Waals surface area contributed by atoms with Crippen LogP contribution in [0.25, 0.3) is 0 Å². The first-order chi connectivity index (χ1) is 14.9. The van der Waals surface area contributed by atoms with Gasteiger partial charge in [-0.2, -0.15) is 0 Å². The summed E-state index contributed by atoms with van der Waals surface area (Å²) in [7, 11) is 1.58. The highest BCUT2D eigenvalue weighted by atomic mass is 19.1. The number of rotatable bonds is 4. The molecule has 4 rings (SSSR count). The molecule has 2 heterocycles. The Morgan fingerprint density at radius 2 is 1.87 bits per heavy atom. The Balaban J connectivity index is 1.61. The lowest BCUT2D eigenvalue weighted by Gasteiger charge is -2.34. The van der Waals surface area contributed by atoms with Crippen molar-refractivity contribution < 1.29 is 23.1 Å². The topological polar surface area (TPSA) is 58.6 Å². The Hall–Kier alpha value is -2.96. The fourth-order valence-electron chi connectivity index (χ4n) is 4.84. The number of likely N-dealkylation sites (tertiary alicyclic amines) is 1. The zero-order valence-corrected chi connectivity index (χ0v) is 17.5. The number of ether oxygens (including phenoxy) is 1. The summed E-state index contributed by atoms with van der Waals surface area (Å²) in [6, 6.07) is 10.7. The molecule has 0 saturated carbocycles. The van der Waals surface area contributed by atoms with E-state index in [0.29, 0.717) is 37.2 Å². The second-order valence-corrected chi connectivity index (χ2v) is 8.47. The van der Waals surface area contributed by atoms with E-state index in [1.165, 1.54) is 12.1 Å². The number of hydrogen-bond donors (Lipinski definition) is 1. The van der Waals surface area contributed by atoms with Crippen LogP contribution in [0.4, 0.5) is 8.78 Å². The SMILES string of the molecule is COc1ccc(CC(=O)N2C[C@@H](c3cc(F)cc(F)c3)[C@@]3(CCCCC(=O)N3)C2)cc1. The molecule has 164 valence electrons. The van der Waals surface area contributed by atoms with Crippen molar-refractivity contribution in [1.29, 1.82) is 0 Å². The summed E-state index contributed by atoms with van der Waals surface area (Å²) >= 11 is 0. The van der Waals surface area contributed by atoms with E-state index in [2.05, 4.69) is 5.32 Å². The number of benzene rings is 2. The molecule has 2 aliphatic heterocycles. The van der Waals surface area contributed by atoms with Crippen LogP contribution in [0.5, 0.6) is 5.75 Å². The van der Waals surface area contributed by atoms with Gasteiger partial charge < -0.3 is 15.0 Å². The lowest BCUT2D eigenvalue weighted by molar-refractivity contribution is -0.130. The van der Waals surface area contributed by atoms with Crippen LogP contribution in [-0.4, -0.2) is 42.5 Å². The van der Waals surface area contributed by atoms with Crippen LogP contribution >= 0.6 is 0 Å². The van der Waals surface area contributed by atoms with E-state index >= 15 is 0 Å². The van der Waals surface area contributed by atoms with Gasteiger partial charge in [0.1, 0.15) is 17.4 Å². The van der Waals surface area contributed by atoms with E-state index in [1.807, 2.05) is 12.1 Å². The Labute approximate surface area is 180 Å². The first-order valence-electron chi connectivity index (χ1n) is 10.6. The minimum absolute atomic E-state index is 0.0798. The lowest BCUT2D eigenvalue weighted by Crippen LogP contribution is -2.53. The zero-order valence-electron chi connectivity index (χ0n) is 17.5. The van der Waals surface area contributed by atoms with E-state index in [0.717, 1.165) is 24.5 Å². The smallest absolute Gasteiger partial charge is 0.227 e. The van der Waals surface area contributed by atoms with Gasteiger partial charge in [0, 0.05) is 31.5 Å². The molecule has 1 spiro atoms. The second kappa shape index (κ2) is 8.65. The first kappa shape index (κ1) is 21.3. The molecule has 2 saturated heterocycles. The molecule has 0 aliphatic carbocycles. The molecule has 0 aromatic heterocycles. The lowest BCUT2D eigenvalue weighted by atomic mass is 9.79. The molecule has 0 bridgehead atoms. The van der Waals surface area contributed by atoms with Crippen molar-refractivity contribution in [1.82, 2.24) is 10.2 Å². The molecule has 2 amide bonds. The molecule has 2 aromatic rings. The van der Waals surface area contributed by atoms with E-state index in [-0.39, 0.29) is 24.2 Å². The summed E-state index contributed by atoms with van der Waals surface area (Å²) in [6.45, 7) is 0.634. The van der Waals surface area contributed by atoms with Crippen LogP contribution in [0.2, 0.25) is 0 Å². The summed E-state index contributed by atoms with van der Waals surface area (Å²) in [6.07, 6.45) is 2.86. The highest BCUT2D eigenvalue weighted by molar-refractivity contribution is 5.81. The highest BCUT2D eigenvalue weighted by Gasteiger charge is 2.49. The predicted octanol–water partition coefficient (Wildman–Crippen LogP) is 3.57. The maximum absolute atomic E-state index is 14.0. The third-order valence-corrected chi connectivity index (χ3v) is 6.36. The van der Waals surface area contributed by atoms with Gasteiger partial charge in [0.15, 0.2) is 0 Å². The van der Waals surface area contributed by atoms with Gasteiger partial charge >= 0.3 is 0 Å². The molecule has 2 aliphatic rings. The summed E-state index contributed by atoms with van der Waals surface area (Å²) in [4.78, 5) is 27.2. The van der Waals surface area contributed by atoms with E-state index in [1.54, 1.807) is 24.1 Å². The van der Waals surface area contributed by atoms with Crippen molar-refractivity contribution in [2.75, 3.05) is 20.2 Å². The predicted molar refractivity (Wildman–Crippen MR) is 112 cm³/mol. The molecule has 7 heteroatoms. The van der Waals surface area contributed by atoms with Gasteiger partial charge in [-0.3, -0.25) is 9.59 Å². The number of carbonyl (C=O) groups is 2. The van der Waals surface area contributed by atoms with Crippen molar-refractivity contribution in [3.05, 3.63) is 65.2 Å². The maximum atomic E-state index is 14.0. The molecule has 0 radical (unpaired) electrons. The van der Waals surface area contributed by atoms with Crippen molar-refractivity contribution in [2.24, 2.45) is 0 Å². The van der Waals surface area contributed by atoms with Gasteiger partial charge in [-0.25, -0.2) is 8.78 Å². The number of nitrogens with one attached hydrogen (secondary N) is 1. The first-order valence-corrected chi connectivity index (χ1v) is 10.6. The fraction of sp³-hybridized carbons (Fsp3) is 0.417. The summed E-state index contributed by atoms with van der Waals surface area (Å²) in [5, 5.41) is 3.11. The maximum Gasteiger partial charge on any atom is 0.227 e. The average molecular weight is 428 g/mol. The Kier molecular flexibility index (Phi) is 5.94. The number of carbonyl (C=O) groups excluding carboxylic acids is 2. The van der Waals surface area contributed by atoms with Crippen molar-refractivity contribution in [3.63, 3.8) is 0 Å². The van der Waals surface area contributed by atoms with Crippen molar-refractivity contribution >= 4 is 11.8 Å². The fourth-order valence-corrected chi connectivity index (χ4v) is 4.84. The molecule has 5 nitrogen and oxygen atoms in total. The third kappa shape index (κ3) is 4.55. The van der Waals surface area contributed by atoms with Crippen LogP contribution in [-0.2, 0) is 16.0 Å². The molecular weight excluding hydrogens is 402 g/mol.